The van der Waals surface area contributed by atoms with Crippen LogP contribution < -0.4 is 5.32 Å². The largest absolute Gasteiger partial charge is 0.382 e. The molecule has 3 unspecified atom stereocenters. The monoisotopic (exact) mass is 291 g/mol. The molecule has 1 N–H and O–H groups in total. The van der Waals surface area contributed by atoms with E-state index in [1.54, 1.807) is 0 Å². The van der Waals surface area contributed by atoms with Crippen LogP contribution in [0, 0.1) is 17.8 Å². The van der Waals surface area contributed by atoms with Crippen molar-refractivity contribution in [1.82, 2.24) is 8.75 Å². The highest BCUT2D eigenvalue weighted by Gasteiger charge is 2.35. The summed E-state index contributed by atoms with van der Waals surface area (Å²) in [7, 11) is 0. The van der Waals surface area contributed by atoms with Crippen LogP contribution in [0.5, 0.6) is 0 Å². The molecule has 19 heavy (non-hydrogen) atoms. The zero-order valence-corrected chi connectivity index (χ0v) is 11.9. The van der Waals surface area contributed by atoms with Gasteiger partial charge in [-0.1, -0.05) is 23.8 Å². The molecule has 1 saturated carbocycles. The fraction of sp³-hybridized carbons (Fsp3) is 0.429. The minimum absolute atomic E-state index is 0.730. The first-order chi connectivity index (χ1) is 9.31. The molecule has 2 aliphatic carbocycles. The third-order valence-electron chi connectivity index (χ3n) is 4.33. The van der Waals surface area contributed by atoms with Gasteiger partial charge in [0.1, 0.15) is 11.0 Å². The Bertz CT molecular complexity index is 651. The van der Waals surface area contributed by atoms with Crippen LogP contribution in [0.3, 0.4) is 0 Å². The van der Waals surface area contributed by atoms with Crippen molar-refractivity contribution in [2.75, 3.05) is 11.9 Å². The van der Waals surface area contributed by atoms with Crippen LogP contribution in [0.1, 0.15) is 12.8 Å². The van der Waals surface area contributed by atoms with Gasteiger partial charge in [0.2, 0.25) is 0 Å². The summed E-state index contributed by atoms with van der Waals surface area (Å²) in [6.07, 6.45) is 7.39. The minimum atomic E-state index is 0.730. The lowest BCUT2D eigenvalue weighted by molar-refractivity contribution is 0.472. The first-order valence-corrected chi connectivity index (χ1v) is 7.75. The van der Waals surface area contributed by atoms with Gasteiger partial charge in [-0.15, -0.1) is 0 Å². The molecule has 0 spiro atoms. The van der Waals surface area contributed by atoms with E-state index in [0.29, 0.717) is 0 Å². The molecule has 0 saturated heterocycles. The van der Waals surface area contributed by atoms with E-state index in [9.17, 15) is 0 Å². The smallest absolute Gasteiger partial charge is 0.129 e. The molecule has 98 valence electrons. The quantitative estimate of drug-likeness (QED) is 0.870. The summed E-state index contributed by atoms with van der Waals surface area (Å²) >= 11 is 7.52. The van der Waals surface area contributed by atoms with Gasteiger partial charge in [-0.05, 0) is 42.7 Å². The number of nitrogens with zero attached hydrogens (tertiary/aromatic N) is 2. The lowest BCUT2D eigenvalue weighted by atomic mass is 9.93. The maximum Gasteiger partial charge on any atom is 0.129 e. The molecule has 1 heterocycles. The summed E-state index contributed by atoms with van der Waals surface area (Å²) in [4.78, 5) is 0. The van der Waals surface area contributed by atoms with E-state index in [4.69, 9.17) is 11.6 Å². The number of hydrogen-bond donors (Lipinski definition) is 1. The molecule has 0 radical (unpaired) electrons. The molecule has 2 aromatic rings. The van der Waals surface area contributed by atoms with E-state index < -0.39 is 0 Å². The van der Waals surface area contributed by atoms with Crippen LogP contribution >= 0.6 is 23.3 Å². The van der Waals surface area contributed by atoms with Crippen LogP contribution in [0.4, 0.5) is 5.69 Å². The SMILES string of the molecule is Clc1ccc2nsnc2c1NCC1CC2C=CC1C2. The van der Waals surface area contributed by atoms with Crippen molar-refractivity contribution in [3.63, 3.8) is 0 Å². The summed E-state index contributed by atoms with van der Waals surface area (Å²) in [6, 6.07) is 3.82. The van der Waals surface area contributed by atoms with Gasteiger partial charge >= 0.3 is 0 Å². The van der Waals surface area contributed by atoms with E-state index in [1.165, 1.54) is 24.6 Å². The number of halogens is 1. The standard InChI is InChI=1S/C14H14ClN3S/c15-11-3-4-12-14(18-19-17-12)13(11)16-7-10-6-8-1-2-9(10)5-8/h1-4,8-10,16H,5-7H2. The second-order valence-corrected chi connectivity index (χ2v) is 6.41. The summed E-state index contributed by atoms with van der Waals surface area (Å²) in [5.41, 5.74) is 2.76. The number of fused-ring (bicyclic) bond motifs is 3. The molecule has 5 heteroatoms. The van der Waals surface area contributed by atoms with E-state index in [0.717, 1.165) is 46.0 Å². The molecule has 1 aromatic heterocycles. The van der Waals surface area contributed by atoms with Gasteiger partial charge < -0.3 is 5.32 Å². The molecule has 2 bridgehead atoms. The number of hydrogen-bond acceptors (Lipinski definition) is 4. The van der Waals surface area contributed by atoms with Crippen molar-refractivity contribution in [2.45, 2.75) is 12.8 Å². The molecule has 3 atom stereocenters. The number of aromatic nitrogens is 2. The molecule has 1 aromatic carbocycles. The van der Waals surface area contributed by atoms with Gasteiger partial charge in [0.25, 0.3) is 0 Å². The second-order valence-electron chi connectivity index (χ2n) is 5.48. The first-order valence-electron chi connectivity index (χ1n) is 6.64. The molecular weight excluding hydrogens is 278 g/mol. The molecule has 4 rings (SSSR count). The molecular formula is C14H14ClN3S. The number of allylic oxidation sites excluding steroid dienone is 2. The first kappa shape index (κ1) is 11.7. The summed E-state index contributed by atoms with van der Waals surface area (Å²) in [5.74, 6) is 2.29. The van der Waals surface area contributed by atoms with Crippen molar-refractivity contribution in [2.24, 2.45) is 17.8 Å². The van der Waals surface area contributed by atoms with Crippen molar-refractivity contribution < 1.29 is 0 Å². The van der Waals surface area contributed by atoms with Gasteiger partial charge in [-0.25, -0.2) is 0 Å². The Balaban J connectivity index is 1.57. The van der Waals surface area contributed by atoms with Crippen molar-refractivity contribution in [3.8, 4) is 0 Å². The van der Waals surface area contributed by atoms with Crippen LogP contribution in [0.25, 0.3) is 11.0 Å². The molecule has 3 nitrogen and oxygen atoms in total. The fourth-order valence-corrected chi connectivity index (χ4v) is 4.12. The normalized spacial score (nSPS) is 28.4. The summed E-state index contributed by atoms with van der Waals surface area (Å²) < 4.78 is 8.60. The Kier molecular flexibility index (Phi) is 2.74. The Morgan fingerprint density at radius 3 is 3.00 bits per heavy atom. The molecule has 1 fully saturated rings. The van der Waals surface area contributed by atoms with Crippen molar-refractivity contribution >= 4 is 40.0 Å². The Labute approximate surface area is 121 Å². The number of rotatable bonds is 3. The van der Waals surface area contributed by atoms with Gasteiger partial charge in [0, 0.05) is 6.54 Å². The maximum absolute atomic E-state index is 6.29. The summed E-state index contributed by atoms with van der Waals surface area (Å²) in [6.45, 7) is 0.974. The highest BCUT2D eigenvalue weighted by molar-refractivity contribution is 7.00. The zero-order chi connectivity index (χ0) is 12.8. The molecule has 0 amide bonds. The van der Waals surface area contributed by atoms with Gasteiger partial charge in [-0.3, -0.25) is 0 Å². The third kappa shape index (κ3) is 1.94. The number of nitrogens with one attached hydrogen (secondary N) is 1. The average Bonchev–Trinajstić information content (AvgIpc) is 3.12. The van der Waals surface area contributed by atoms with Gasteiger partial charge in [0.15, 0.2) is 0 Å². The topological polar surface area (TPSA) is 37.8 Å². The Morgan fingerprint density at radius 1 is 1.26 bits per heavy atom. The third-order valence-corrected chi connectivity index (χ3v) is 5.19. The molecule has 2 aliphatic rings. The fourth-order valence-electron chi connectivity index (χ4n) is 3.36. The Morgan fingerprint density at radius 2 is 2.21 bits per heavy atom. The average molecular weight is 292 g/mol. The lowest BCUT2D eigenvalue weighted by Crippen LogP contribution is -2.18. The summed E-state index contributed by atoms with van der Waals surface area (Å²) in [5, 5.41) is 4.24. The highest BCUT2D eigenvalue weighted by atomic mass is 35.5. The van der Waals surface area contributed by atoms with Crippen LogP contribution in [0.2, 0.25) is 5.02 Å². The van der Waals surface area contributed by atoms with E-state index >= 15 is 0 Å². The lowest BCUT2D eigenvalue weighted by Gasteiger charge is -2.19. The van der Waals surface area contributed by atoms with E-state index in [1.807, 2.05) is 12.1 Å². The maximum atomic E-state index is 6.29. The van der Waals surface area contributed by atoms with Crippen molar-refractivity contribution in [3.05, 3.63) is 29.3 Å². The zero-order valence-electron chi connectivity index (χ0n) is 10.3. The van der Waals surface area contributed by atoms with Crippen LogP contribution in [0.15, 0.2) is 24.3 Å². The molecule has 0 aliphatic heterocycles. The van der Waals surface area contributed by atoms with Crippen molar-refractivity contribution in [1.29, 1.82) is 0 Å². The van der Waals surface area contributed by atoms with Crippen LogP contribution in [-0.2, 0) is 0 Å². The van der Waals surface area contributed by atoms with Crippen LogP contribution in [-0.4, -0.2) is 15.3 Å². The predicted molar refractivity (Wildman–Crippen MR) is 79.8 cm³/mol. The Hall–Kier alpha value is -1.13. The van der Waals surface area contributed by atoms with E-state index in [-0.39, 0.29) is 0 Å². The predicted octanol–water partition coefficient (Wildman–Crippen LogP) is 3.97. The van der Waals surface area contributed by atoms with Gasteiger partial charge in [-0.2, -0.15) is 8.75 Å². The van der Waals surface area contributed by atoms with Gasteiger partial charge in [0.05, 0.1) is 22.4 Å². The number of benzene rings is 1. The minimum Gasteiger partial charge on any atom is -0.382 e. The highest BCUT2D eigenvalue weighted by Crippen LogP contribution is 2.43. The number of anilines is 1. The van der Waals surface area contributed by atoms with E-state index in [2.05, 4.69) is 26.2 Å². The second kappa shape index (κ2) is 4.46.